The lowest BCUT2D eigenvalue weighted by molar-refractivity contribution is -0.143. The van der Waals surface area contributed by atoms with Crippen LogP contribution in [0.3, 0.4) is 0 Å². The van der Waals surface area contributed by atoms with Gasteiger partial charge in [-0.15, -0.1) is 0 Å². The van der Waals surface area contributed by atoms with Gasteiger partial charge in [0.25, 0.3) is 11.8 Å². The third-order valence-electron chi connectivity index (χ3n) is 5.45. The Bertz CT molecular complexity index is 1020. The Labute approximate surface area is 173 Å². The molecule has 1 atom stereocenters. The number of nitrogens with one attached hydrogen (secondary N) is 2. The number of carbonyl (C=O) groups is 2. The highest BCUT2D eigenvalue weighted by Gasteiger charge is 2.72. The molecule has 1 aliphatic heterocycles. The van der Waals surface area contributed by atoms with E-state index in [0.717, 1.165) is 12.3 Å². The van der Waals surface area contributed by atoms with Crippen LogP contribution in [-0.2, 0) is 11.0 Å². The molecule has 3 heterocycles. The molecule has 1 saturated carbocycles. The van der Waals surface area contributed by atoms with Crippen molar-refractivity contribution in [3.8, 4) is 0 Å². The average Bonchev–Trinajstić information content (AvgIpc) is 3.08. The number of pyridine rings is 1. The molecule has 1 saturated heterocycles. The topological polar surface area (TPSA) is 78.1 Å². The summed E-state index contributed by atoms with van der Waals surface area (Å²) in [7, 11) is 0. The van der Waals surface area contributed by atoms with Gasteiger partial charge in [-0.2, -0.15) is 13.2 Å². The summed E-state index contributed by atoms with van der Waals surface area (Å²) in [6.45, 7) is 3.59. The number of fused-ring (bicyclic) bond motifs is 1. The normalized spacial score (nSPS) is 21.7. The second kappa shape index (κ2) is 7.72. The minimum Gasteiger partial charge on any atom is -0.349 e. The molecule has 12 heteroatoms. The zero-order valence-electron chi connectivity index (χ0n) is 16.7. The molecule has 2 aromatic heterocycles. The molecular weight excluding hydrogens is 430 g/mol. The SMILES string of the molecule is CC.O=C(NCC(=O)N1CCC2(C1)CC2(F)F)c1cc2c(F)c(C(F)(F)F)ncc2[nH]1. The zero-order valence-corrected chi connectivity index (χ0v) is 16.7. The van der Waals surface area contributed by atoms with Crippen LogP contribution >= 0.6 is 0 Å². The first-order valence-corrected chi connectivity index (χ1v) is 9.62. The van der Waals surface area contributed by atoms with Crippen molar-refractivity contribution in [1.82, 2.24) is 20.2 Å². The third-order valence-corrected chi connectivity index (χ3v) is 5.45. The highest BCUT2D eigenvalue weighted by molar-refractivity contribution is 5.99. The molecule has 0 bridgehead atoms. The molecule has 4 rings (SSSR count). The van der Waals surface area contributed by atoms with E-state index < -0.39 is 52.8 Å². The number of aromatic amines is 1. The van der Waals surface area contributed by atoms with Crippen molar-refractivity contribution in [3.05, 3.63) is 29.5 Å². The predicted octanol–water partition coefficient (Wildman–Crippen LogP) is 3.73. The van der Waals surface area contributed by atoms with Crippen LogP contribution in [0.1, 0.15) is 42.9 Å². The molecule has 2 aromatic rings. The molecule has 31 heavy (non-hydrogen) atoms. The van der Waals surface area contributed by atoms with Crippen molar-refractivity contribution in [1.29, 1.82) is 0 Å². The quantitative estimate of drug-likeness (QED) is 0.700. The van der Waals surface area contributed by atoms with Gasteiger partial charge < -0.3 is 15.2 Å². The number of rotatable bonds is 3. The fourth-order valence-electron chi connectivity index (χ4n) is 3.66. The maximum atomic E-state index is 14.0. The van der Waals surface area contributed by atoms with Crippen LogP contribution in [0.4, 0.5) is 26.3 Å². The Morgan fingerprint density at radius 3 is 2.48 bits per heavy atom. The first kappa shape index (κ1) is 22.9. The Morgan fingerprint density at radius 2 is 1.94 bits per heavy atom. The van der Waals surface area contributed by atoms with Crippen molar-refractivity contribution >= 4 is 22.7 Å². The molecule has 2 amide bonds. The molecule has 1 aliphatic carbocycles. The van der Waals surface area contributed by atoms with Crippen molar-refractivity contribution < 1.29 is 35.9 Å². The lowest BCUT2D eigenvalue weighted by atomic mass is 10.1. The average molecular weight is 450 g/mol. The summed E-state index contributed by atoms with van der Waals surface area (Å²) < 4.78 is 79.0. The Morgan fingerprint density at radius 1 is 1.29 bits per heavy atom. The van der Waals surface area contributed by atoms with Crippen LogP contribution in [0.15, 0.2) is 12.3 Å². The van der Waals surface area contributed by atoms with E-state index in [4.69, 9.17) is 0 Å². The molecule has 1 spiro atoms. The third kappa shape index (κ3) is 4.07. The molecular formula is C19H20F6N4O2. The number of hydrogen-bond donors (Lipinski definition) is 2. The maximum absolute atomic E-state index is 14.0. The van der Waals surface area contributed by atoms with Gasteiger partial charge in [0.2, 0.25) is 5.91 Å². The molecule has 2 aliphatic rings. The highest BCUT2D eigenvalue weighted by Crippen LogP contribution is 2.64. The summed E-state index contributed by atoms with van der Waals surface area (Å²) in [6, 6.07) is 0.886. The number of H-pyrrole nitrogens is 1. The van der Waals surface area contributed by atoms with Gasteiger partial charge >= 0.3 is 6.18 Å². The lowest BCUT2D eigenvalue weighted by Crippen LogP contribution is -2.39. The van der Waals surface area contributed by atoms with Crippen LogP contribution in [0.25, 0.3) is 10.9 Å². The molecule has 0 radical (unpaired) electrons. The van der Waals surface area contributed by atoms with Gasteiger partial charge in [-0.3, -0.25) is 9.59 Å². The maximum Gasteiger partial charge on any atom is 0.436 e. The van der Waals surface area contributed by atoms with Crippen LogP contribution in [0.5, 0.6) is 0 Å². The number of nitrogens with zero attached hydrogens (tertiary/aromatic N) is 2. The molecule has 6 nitrogen and oxygen atoms in total. The molecule has 2 N–H and O–H groups in total. The number of halogens is 6. The Hall–Kier alpha value is -2.79. The fraction of sp³-hybridized carbons (Fsp3) is 0.526. The monoisotopic (exact) mass is 450 g/mol. The summed E-state index contributed by atoms with van der Waals surface area (Å²) in [6.07, 6.45) is -4.31. The van der Waals surface area contributed by atoms with E-state index in [9.17, 15) is 35.9 Å². The van der Waals surface area contributed by atoms with Gasteiger partial charge in [0.1, 0.15) is 5.69 Å². The van der Waals surface area contributed by atoms with Gasteiger partial charge in [-0.1, -0.05) is 13.8 Å². The van der Waals surface area contributed by atoms with Crippen molar-refractivity contribution in [3.63, 3.8) is 0 Å². The van der Waals surface area contributed by atoms with Crippen LogP contribution < -0.4 is 5.32 Å². The van der Waals surface area contributed by atoms with Crippen molar-refractivity contribution in [2.75, 3.05) is 19.6 Å². The summed E-state index contributed by atoms with van der Waals surface area (Å²) >= 11 is 0. The summed E-state index contributed by atoms with van der Waals surface area (Å²) in [5.41, 5.74) is -3.25. The van der Waals surface area contributed by atoms with Gasteiger partial charge in [0.05, 0.1) is 23.7 Å². The number of aromatic nitrogens is 2. The largest absolute Gasteiger partial charge is 0.436 e. The second-order valence-electron chi connectivity index (χ2n) is 7.34. The fourth-order valence-corrected chi connectivity index (χ4v) is 3.66. The lowest BCUT2D eigenvalue weighted by Gasteiger charge is -2.16. The zero-order chi connectivity index (χ0) is 23.2. The minimum atomic E-state index is -4.99. The van der Waals surface area contributed by atoms with Gasteiger partial charge in [0.15, 0.2) is 11.5 Å². The standard InChI is InChI=1S/C17H14F6N4O2.C2H6/c18-12-8-3-9(26-10(8)4-24-13(12)17(21,22)23)14(29)25-5-11(28)27-2-1-15(7-27)6-16(15,19)20;1-2/h3-4,26H,1-2,5-7H2,(H,25,29);1-2H3. The number of amides is 2. The Kier molecular flexibility index (Phi) is 5.70. The number of likely N-dealkylation sites (tertiary alicyclic amines) is 1. The van der Waals surface area contributed by atoms with Gasteiger partial charge in [-0.05, 0) is 12.5 Å². The summed E-state index contributed by atoms with van der Waals surface area (Å²) in [5.74, 6) is -5.80. The second-order valence-corrected chi connectivity index (χ2v) is 7.34. The van der Waals surface area contributed by atoms with Crippen molar-refractivity contribution in [2.45, 2.75) is 38.8 Å². The number of carbonyl (C=O) groups excluding carboxylic acids is 2. The van der Waals surface area contributed by atoms with Crippen molar-refractivity contribution in [2.24, 2.45) is 5.41 Å². The van der Waals surface area contributed by atoms with E-state index in [1.165, 1.54) is 4.90 Å². The van der Waals surface area contributed by atoms with E-state index in [0.29, 0.717) is 0 Å². The first-order valence-electron chi connectivity index (χ1n) is 9.62. The van der Waals surface area contributed by atoms with E-state index in [1.807, 2.05) is 13.8 Å². The Balaban J connectivity index is 0.00000132. The molecule has 170 valence electrons. The van der Waals surface area contributed by atoms with E-state index >= 15 is 0 Å². The van der Waals surface area contributed by atoms with Crippen LogP contribution in [0.2, 0.25) is 0 Å². The smallest absolute Gasteiger partial charge is 0.349 e. The summed E-state index contributed by atoms with van der Waals surface area (Å²) in [5, 5.41) is 1.78. The van der Waals surface area contributed by atoms with E-state index in [-0.39, 0.29) is 37.1 Å². The molecule has 1 unspecified atom stereocenters. The van der Waals surface area contributed by atoms with Gasteiger partial charge in [0, 0.05) is 24.9 Å². The van der Waals surface area contributed by atoms with Crippen LogP contribution in [-0.4, -0.2) is 52.2 Å². The minimum absolute atomic E-state index is 0.0851. The molecule has 2 fully saturated rings. The van der Waals surface area contributed by atoms with Gasteiger partial charge in [-0.25, -0.2) is 18.2 Å². The number of alkyl halides is 5. The van der Waals surface area contributed by atoms with E-state index in [2.05, 4.69) is 15.3 Å². The van der Waals surface area contributed by atoms with Crippen LogP contribution in [0, 0.1) is 11.2 Å². The van der Waals surface area contributed by atoms with E-state index in [1.54, 1.807) is 0 Å². The first-order chi connectivity index (χ1) is 14.4. The highest BCUT2D eigenvalue weighted by atomic mass is 19.4. The summed E-state index contributed by atoms with van der Waals surface area (Å²) in [4.78, 5) is 31.0. The molecule has 0 aromatic carbocycles. The predicted molar refractivity (Wildman–Crippen MR) is 97.9 cm³/mol. The number of hydrogen-bond acceptors (Lipinski definition) is 3.